The van der Waals surface area contributed by atoms with Crippen molar-refractivity contribution < 1.29 is 17.2 Å². The average molecular weight is 297 g/mol. The molecule has 2 aromatic rings. The lowest BCUT2D eigenvalue weighted by Gasteiger charge is -2.10. The molecule has 6 heteroatoms. The third-order valence-electron chi connectivity index (χ3n) is 2.94. The molecule has 2 N–H and O–H groups in total. The Balaban J connectivity index is 2.49. The molecule has 20 heavy (non-hydrogen) atoms. The third-order valence-corrected chi connectivity index (χ3v) is 4.72. The minimum atomic E-state index is -3.87. The van der Waals surface area contributed by atoms with Gasteiger partial charge in [-0.05, 0) is 36.8 Å². The zero-order valence-electron chi connectivity index (χ0n) is 10.7. The Bertz CT molecular complexity index is 738. The molecule has 0 aliphatic carbocycles. The second kappa shape index (κ2) is 5.20. The summed E-state index contributed by atoms with van der Waals surface area (Å²) in [6.07, 6.45) is 0. The Hall–Kier alpha value is -1.95. The molecule has 0 aliphatic heterocycles. The fourth-order valence-corrected chi connectivity index (χ4v) is 3.58. The van der Waals surface area contributed by atoms with Crippen LogP contribution in [0, 0.1) is 18.6 Å². The van der Waals surface area contributed by atoms with Crippen molar-refractivity contribution in [2.45, 2.75) is 17.6 Å². The summed E-state index contributed by atoms with van der Waals surface area (Å²) in [5.41, 5.74) is 5.86. The Morgan fingerprint density at radius 1 is 1.10 bits per heavy atom. The lowest BCUT2D eigenvalue weighted by molar-refractivity contribution is 0.555. The molecule has 0 spiro atoms. The number of aryl methyl sites for hydroxylation is 1. The van der Waals surface area contributed by atoms with Gasteiger partial charge in [0.25, 0.3) is 0 Å². The largest absolute Gasteiger partial charge is 0.399 e. The van der Waals surface area contributed by atoms with Crippen molar-refractivity contribution >= 4 is 15.5 Å². The van der Waals surface area contributed by atoms with E-state index in [9.17, 15) is 17.2 Å². The van der Waals surface area contributed by atoms with Gasteiger partial charge in [0.2, 0.25) is 0 Å². The highest BCUT2D eigenvalue weighted by atomic mass is 32.2. The fourth-order valence-electron chi connectivity index (χ4n) is 1.89. The van der Waals surface area contributed by atoms with Crippen LogP contribution in [-0.4, -0.2) is 8.42 Å². The average Bonchev–Trinajstić information content (AvgIpc) is 2.37. The van der Waals surface area contributed by atoms with Crippen LogP contribution in [0.2, 0.25) is 0 Å². The molecule has 0 fully saturated rings. The maximum Gasteiger partial charge on any atom is 0.183 e. The van der Waals surface area contributed by atoms with Crippen LogP contribution in [0.25, 0.3) is 0 Å². The number of anilines is 1. The van der Waals surface area contributed by atoms with Gasteiger partial charge in [-0.1, -0.05) is 12.1 Å². The lowest BCUT2D eigenvalue weighted by atomic mass is 10.2. The van der Waals surface area contributed by atoms with Crippen LogP contribution in [0.15, 0.2) is 41.3 Å². The predicted molar refractivity (Wildman–Crippen MR) is 72.8 cm³/mol. The van der Waals surface area contributed by atoms with Crippen LogP contribution in [0.3, 0.4) is 0 Å². The van der Waals surface area contributed by atoms with Gasteiger partial charge in [0.05, 0.1) is 10.6 Å². The van der Waals surface area contributed by atoms with Crippen molar-refractivity contribution in [2.75, 3.05) is 5.73 Å². The Morgan fingerprint density at radius 3 is 2.30 bits per heavy atom. The Labute approximate surface area is 116 Å². The summed E-state index contributed by atoms with van der Waals surface area (Å²) in [6.45, 7) is 1.60. The monoisotopic (exact) mass is 297 g/mol. The number of benzene rings is 2. The normalized spacial score (nSPS) is 11.6. The molecule has 0 atom stereocenters. The zero-order valence-corrected chi connectivity index (χ0v) is 11.5. The molecular weight excluding hydrogens is 284 g/mol. The van der Waals surface area contributed by atoms with Crippen molar-refractivity contribution in [1.29, 1.82) is 0 Å². The number of hydrogen-bond acceptors (Lipinski definition) is 3. The van der Waals surface area contributed by atoms with E-state index < -0.39 is 32.8 Å². The van der Waals surface area contributed by atoms with Crippen LogP contribution in [0.4, 0.5) is 14.5 Å². The number of nitrogens with two attached hydrogens (primary N) is 1. The molecule has 0 aromatic heterocycles. The van der Waals surface area contributed by atoms with E-state index in [0.717, 1.165) is 12.1 Å². The van der Waals surface area contributed by atoms with Gasteiger partial charge in [-0.25, -0.2) is 17.2 Å². The Kier molecular flexibility index (Phi) is 3.76. The Morgan fingerprint density at radius 2 is 1.70 bits per heavy atom. The summed E-state index contributed by atoms with van der Waals surface area (Å²) in [7, 11) is -3.87. The van der Waals surface area contributed by atoms with Gasteiger partial charge >= 0.3 is 0 Å². The van der Waals surface area contributed by atoms with Gasteiger partial charge < -0.3 is 5.73 Å². The quantitative estimate of drug-likeness (QED) is 0.886. The highest BCUT2D eigenvalue weighted by Crippen LogP contribution is 2.24. The molecule has 106 valence electrons. The molecule has 0 bridgehead atoms. The van der Waals surface area contributed by atoms with E-state index in [1.165, 1.54) is 12.1 Å². The number of rotatable bonds is 3. The van der Waals surface area contributed by atoms with Gasteiger partial charge in [0, 0.05) is 11.3 Å². The van der Waals surface area contributed by atoms with Gasteiger partial charge in [-0.3, -0.25) is 0 Å². The van der Waals surface area contributed by atoms with Crippen LogP contribution in [-0.2, 0) is 15.6 Å². The second-order valence-electron chi connectivity index (χ2n) is 4.48. The maximum absolute atomic E-state index is 13.5. The number of sulfone groups is 1. The summed E-state index contributed by atoms with van der Waals surface area (Å²) < 4.78 is 51.7. The van der Waals surface area contributed by atoms with E-state index in [2.05, 4.69) is 0 Å². The topological polar surface area (TPSA) is 60.2 Å². The summed E-state index contributed by atoms with van der Waals surface area (Å²) >= 11 is 0. The van der Waals surface area contributed by atoms with Gasteiger partial charge in [-0.2, -0.15) is 0 Å². The van der Waals surface area contributed by atoms with Crippen LogP contribution in [0.1, 0.15) is 11.1 Å². The first-order valence-corrected chi connectivity index (χ1v) is 7.48. The van der Waals surface area contributed by atoms with E-state index in [1.807, 2.05) is 0 Å². The van der Waals surface area contributed by atoms with E-state index in [4.69, 9.17) is 5.73 Å². The molecule has 2 rings (SSSR count). The molecule has 3 nitrogen and oxygen atoms in total. The highest BCUT2D eigenvalue weighted by molar-refractivity contribution is 7.90. The van der Waals surface area contributed by atoms with Gasteiger partial charge in [-0.15, -0.1) is 0 Å². The molecule has 2 aromatic carbocycles. The first-order valence-electron chi connectivity index (χ1n) is 5.83. The van der Waals surface area contributed by atoms with Gasteiger partial charge in [0.1, 0.15) is 11.6 Å². The number of hydrogen-bond donors (Lipinski definition) is 1. The maximum atomic E-state index is 13.5. The van der Waals surface area contributed by atoms with Crippen molar-refractivity contribution in [3.8, 4) is 0 Å². The van der Waals surface area contributed by atoms with E-state index in [1.54, 1.807) is 19.1 Å². The standard InChI is InChI=1S/C14H13F2NO2S/c1-9-5-6-10(17)7-14(9)20(18,19)8-11-12(15)3-2-4-13(11)16/h2-7H,8,17H2,1H3. The minimum absolute atomic E-state index is 0.0137. The molecular formula is C14H13F2NO2S. The van der Waals surface area contributed by atoms with Crippen molar-refractivity contribution in [1.82, 2.24) is 0 Å². The van der Waals surface area contributed by atoms with Crippen LogP contribution < -0.4 is 5.73 Å². The zero-order chi connectivity index (χ0) is 14.9. The SMILES string of the molecule is Cc1ccc(N)cc1S(=O)(=O)Cc1c(F)cccc1F. The fraction of sp³-hybridized carbons (Fsp3) is 0.143. The number of halogens is 2. The molecule has 0 radical (unpaired) electrons. The minimum Gasteiger partial charge on any atom is -0.399 e. The summed E-state index contributed by atoms with van der Waals surface area (Å²) in [5.74, 6) is -2.50. The van der Waals surface area contributed by atoms with Gasteiger partial charge in [0.15, 0.2) is 9.84 Å². The molecule has 0 aliphatic rings. The summed E-state index contributed by atoms with van der Waals surface area (Å²) in [4.78, 5) is -0.0137. The third kappa shape index (κ3) is 2.80. The molecule has 0 heterocycles. The van der Waals surface area contributed by atoms with Crippen LogP contribution in [0.5, 0.6) is 0 Å². The van der Waals surface area contributed by atoms with Crippen molar-refractivity contribution in [2.24, 2.45) is 0 Å². The predicted octanol–water partition coefficient (Wildman–Crippen LogP) is 2.83. The molecule has 0 unspecified atom stereocenters. The molecule has 0 saturated carbocycles. The number of nitrogen functional groups attached to an aromatic ring is 1. The second-order valence-corrected chi connectivity index (χ2v) is 6.44. The highest BCUT2D eigenvalue weighted by Gasteiger charge is 2.22. The first-order chi connectivity index (χ1) is 9.31. The lowest BCUT2D eigenvalue weighted by Crippen LogP contribution is -2.10. The van der Waals surface area contributed by atoms with E-state index in [-0.39, 0.29) is 10.6 Å². The summed E-state index contributed by atoms with van der Waals surface area (Å²) in [5, 5.41) is 0. The molecule has 0 amide bonds. The smallest absolute Gasteiger partial charge is 0.183 e. The first kappa shape index (κ1) is 14.5. The molecule has 0 saturated heterocycles. The van der Waals surface area contributed by atoms with Crippen LogP contribution >= 0.6 is 0 Å². The van der Waals surface area contributed by atoms with Crippen molar-refractivity contribution in [3.05, 3.63) is 59.2 Å². The van der Waals surface area contributed by atoms with E-state index >= 15 is 0 Å². The van der Waals surface area contributed by atoms with E-state index in [0.29, 0.717) is 5.56 Å². The summed E-state index contributed by atoms with van der Waals surface area (Å²) in [6, 6.07) is 7.66. The van der Waals surface area contributed by atoms with Crippen molar-refractivity contribution in [3.63, 3.8) is 0 Å².